The van der Waals surface area contributed by atoms with Crippen LogP contribution in [0.25, 0.3) is 0 Å². The number of nitrogens with two attached hydrogens (primary N) is 1. The number of halogens is 1. The van der Waals surface area contributed by atoms with Gasteiger partial charge in [0.1, 0.15) is 0 Å². The lowest BCUT2D eigenvalue weighted by molar-refractivity contribution is 0.102. The fourth-order valence-electron chi connectivity index (χ4n) is 2.85. The standard InChI is InChI=1S/C19H22N2OS.ClH/c20-13-14-9-11-15(12-10-14)19(22)21-17-7-3-4-8-18(17)23-16-5-1-2-6-16;/h3-4,7-12,16H,1-2,5-6,13,20H2,(H,21,22);1H. The normalized spacial score (nSPS) is 14.2. The van der Waals surface area contributed by atoms with Crippen LogP contribution in [0, 0.1) is 0 Å². The third kappa shape index (κ3) is 4.76. The molecular formula is C19H23ClN2OS. The van der Waals surface area contributed by atoms with Crippen LogP contribution in [0.5, 0.6) is 0 Å². The zero-order chi connectivity index (χ0) is 16.1. The van der Waals surface area contributed by atoms with Gasteiger partial charge in [-0.1, -0.05) is 37.1 Å². The minimum absolute atomic E-state index is 0. The number of carbonyl (C=O) groups excluding carboxylic acids is 1. The number of carbonyl (C=O) groups is 1. The van der Waals surface area contributed by atoms with E-state index in [-0.39, 0.29) is 18.3 Å². The number of amides is 1. The molecule has 0 aliphatic heterocycles. The summed E-state index contributed by atoms with van der Waals surface area (Å²) < 4.78 is 0. The van der Waals surface area contributed by atoms with Crippen LogP contribution in [0.15, 0.2) is 53.4 Å². The van der Waals surface area contributed by atoms with Crippen molar-refractivity contribution in [2.75, 3.05) is 5.32 Å². The molecule has 1 amide bonds. The third-order valence-electron chi connectivity index (χ3n) is 4.18. The summed E-state index contributed by atoms with van der Waals surface area (Å²) in [6.07, 6.45) is 5.18. The Bertz CT molecular complexity index is 669. The first-order valence-corrected chi connectivity index (χ1v) is 9.00. The Morgan fingerprint density at radius 2 is 1.75 bits per heavy atom. The van der Waals surface area contributed by atoms with E-state index in [0.29, 0.717) is 17.4 Å². The molecule has 1 aliphatic rings. The number of anilines is 1. The maximum absolute atomic E-state index is 12.5. The van der Waals surface area contributed by atoms with Crippen molar-refractivity contribution in [3.8, 4) is 0 Å². The summed E-state index contributed by atoms with van der Waals surface area (Å²) in [5.74, 6) is -0.0759. The van der Waals surface area contributed by atoms with Crippen molar-refractivity contribution in [3.05, 3.63) is 59.7 Å². The lowest BCUT2D eigenvalue weighted by Gasteiger charge is -2.14. The van der Waals surface area contributed by atoms with Gasteiger partial charge in [-0.2, -0.15) is 0 Å². The highest BCUT2D eigenvalue weighted by Gasteiger charge is 2.18. The third-order valence-corrected chi connectivity index (χ3v) is 5.60. The fraction of sp³-hybridized carbons (Fsp3) is 0.316. The Balaban J connectivity index is 0.00000208. The van der Waals surface area contributed by atoms with Gasteiger partial charge in [-0.15, -0.1) is 24.2 Å². The van der Waals surface area contributed by atoms with E-state index in [1.165, 1.54) is 25.7 Å². The van der Waals surface area contributed by atoms with E-state index in [0.717, 1.165) is 16.1 Å². The topological polar surface area (TPSA) is 55.1 Å². The number of rotatable bonds is 5. The number of hydrogen-bond acceptors (Lipinski definition) is 3. The van der Waals surface area contributed by atoms with Gasteiger partial charge in [-0.3, -0.25) is 4.79 Å². The first-order valence-electron chi connectivity index (χ1n) is 8.12. The van der Waals surface area contributed by atoms with E-state index in [1.807, 2.05) is 54.2 Å². The lowest BCUT2D eigenvalue weighted by Crippen LogP contribution is -2.13. The quantitative estimate of drug-likeness (QED) is 0.799. The van der Waals surface area contributed by atoms with Crippen LogP contribution in [-0.4, -0.2) is 11.2 Å². The average molecular weight is 363 g/mol. The van der Waals surface area contributed by atoms with E-state index in [9.17, 15) is 4.79 Å². The SMILES string of the molecule is Cl.NCc1ccc(C(=O)Nc2ccccc2SC2CCCC2)cc1. The second-order valence-corrected chi connectivity index (χ2v) is 7.22. The largest absolute Gasteiger partial charge is 0.326 e. The number of nitrogens with one attached hydrogen (secondary N) is 1. The van der Waals surface area contributed by atoms with Crippen molar-refractivity contribution in [1.29, 1.82) is 0 Å². The van der Waals surface area contributed by atoms with Gasteiger partial charge in [0.2, 0.25) is 0 Å². The van der Waals surface area contributed by atoms with Crippen molar-refractivity contribution in [2.45, 2.75) is 42.4 Å². The van der Waals surface area contributed by atoms with Crippen LogP contribution in [0.4, 0.5) is 5.69 Å². The summed E-state index contributed by atoms with van der Waals surface area (Å²) in [7, 11) is 0. The van der Waals surface area contributed by atoms with Gasteiger partial charge in [0, 0.05) is 22.3 Å². The van der Waals surface area contributed by atoms with Crippen molar-refractivity contribution < 1.29 is 4.79 Å². The van der Waals surface area contributed by atoms with Crippen molar-refractivity contribution in [2.24, 2.45) is 5.73 Å². The molecule has 0 heterocycles. The predicted molar refractivity (Wildman–Crippen MR) is 104 cm³/mol. The second kappa shape index (κ2) is 9.11. The number of thioether (sulfide) groups is 1. The molecule has 2 aromatic rings. The molecule has 1 saturated carbocycles. The predicted octanol–water partition coefficient (Wildman–Crippen LogP) is 4.85. The molecular weight excluding hydrogens is 340 g/mol. The Morgan fingerprint density at radius 1 is 1.08 bits per heavy atom. The van der Waals surface area contributed by atoms with Gasteiger partial charge >= 0.3 is 0 Å². The van der Waals surface area contributed by atoms with Gasteiger partial charge in [0.05, 0.1) is 5.69 Å². The van der Waals surface area contributed by atoms with Crippen molar-refractivity contribution >= 4 is 35.8 Å². The molecule has 3 rings (SSSR count). The van der Waals surface area contributed by atoms with Crippen LogP contribution in [0.3, 0.4) is 0 Å². The summed E-state index contributed by atoms with van der Waals surface area (Å²) in [5, 5.41) is 3.72. The molecule has 3 N–H and O–H groups in total. The summed E-state index contributed by atoms with van der Waals surface area (Å²) in [6, 6.07) is 15.5. The molecule has 0 radical (unpaired) electrons. The molecule has 1 aliphatic carbocycles. The first-order chi connectivity index (χ1) is 11.3. The van der Waals surface area contributed by atoms with Crippen LogP contribution in [-0.2, 0) is 6.54 Å². The molecule has 5 heteroatoms. The van der Waals surface area contributed by atoms with Gasteiger partial charge in [0.15, 0.2) is 0 Å². The first kappa shape index (κ1) is 18.8. The van der Waals surface area contributed by atoms with E-state index in [1.54, 1.807) is 0 Å². The fourth-order valence-corrected chi connectivity index (χ4v) is 4.18. The summed E-state index contributed by atoms with van der Waals surface area (Å²) in [5.41, 5.74) is 8.18. The zero-order valence-electron chi connectivity index (χ0n) is 13.5. The second-order valence-electron chi connectivity index (χ2n) is 5.88. The van der Waals surface area contributed by atoms with Crippen LogP contribution in [0.1, 0.15) is 41.6 Å². The van der Waals surface area contributed by atoms with E-state index < -0.39 is 0 Å². The van der Waals surface area contributed by atoms with Crippen molar-refractivity contribution in [3.63, 3.8) is 0 Å². The monoisotopic (exact) mass is 362 g/mol. The van der Waals surface area contributed by atoms with Gasteiger partial charge in [0.25, 0.3) is 5.91 Å². The zero-order valence-corrected chi connectivity index (χ0v) is 15.2. The molecule has 128 valence electrons. The summed E-state index contributed by atoms with van der Waals surface area (Å²) >= 11 is 1.89. The van der Waals surface area contributed by atoms with Crippen molar-refractivity contribution in [1.82, 2.24) is 0 Å². The molecule has 1 fully saturated rings. The number of para-hydroxylation sites is 1. The summed E-state index contributed by atoms with van der Waals surface area (Å²) in [4.78, 5) is 13.6. The minimum Gasteiger partial charge on any atom is -0.326 e. The Labute approximate surface area is 153 Å². The molecule has 0 atom stereocenters. The minimum atomic E-state index is -0.0759. The van der Waals surface area contributed by atoms with E-state index in [4.69, 9.17) is 5.73 Å². The molecule has 0 bridgehead atoms. The van der Waals surface area contributed by atoms with Crippen LogP contribution in [0.2, 0.25) is 0 Å². The maximum Gasteiger partial charge on any atom is 0.255 e. The molecule has 24 heavy (non-hydrogen) atoms. The smallest absolute Gasteiger partial charge is 0.255 e. The van der Waals surface area contributed by atoms with Crippen LogP contribution >= 0.6 is 24.2 Å². The van der Waals surface area contributed by atoms with E-state index >= 15 is 0 Å². The van der Waals surface area contributed by atoms with Gasteiger partial charge < -0.3 is 11.1 Å². The Hall–Kier alpha value is -1.49. The number of benzene rings is 2. The highest BCUT2D eigenvalue weighted by atomic mass is 35.5. The molecule has 0 spiro atoms. The number of hydrogen-bond donors (Lipinski definition) is 2. The average Bonchev–Trinajstić information content (AvgIpc) is 3.10. The maximum atomic E-state index is 12.5. The highest BCUT2D eigenvalue weighted by molar-refractivity contribution is 8.00. The van der Waals surface area contributed by atoms with Gasteiger partial charge in [-0.25, -0.2) is 0 Å². The molecule has 0 saturated heterocycles. The lowest BCUT2D eigenvalue weighted by atomic mass is 10.1. The molecule has 0 aromatic heterocycles. The Morgan fingerprint density at radius 3 is 2.42 bits per heavy atom. The highest BCUT2D eigenvalue weighted by Crippen LogP contribution is 2.38. The van der Waals surface area contributed by atoms with Crippen LogP contribution < -0.4 is 11.1 Å². The molecule has 0 unspecified atom stereocenters. The van der Waals surface area contributed by atoms with Gasteiger partial charge in [-0.05, 0) is 42.7 Å². The molecule has 3 nitrogen and oxygen atoms in total. The summed E-state index contributed by atoms with van der Waals surface area (Å²) in [6.45, 7) is 0.489. The molecule has 2 aromatic carbocycles. The Kier molecular flexibility index (Phi) is 7.16. The van der Waals surface area contributed by atoms with E-state index in [2.05, 4.69) is 11.4 Å².